The fourth-order valence-corrected chi connectivity index (χ4v) is 2.25. The Morgan fingerprint density at radius 3 is 2.40 bits per heavy atom. The summed E-state index contributed by atoms with van der Waals surface area (Å²) in [7, 11) is 0. The van der Waals surface area contributed by atoms with E-state index in [9.17, 15) is 4.79 Å². The van der Waals surface area contributed by atoms with Crippen molar-refractivity contribution in [2.24, 2.45) is 0 Å². The second kappa shape index (κ2) is 10.4. The molecule has 3 heteroatoms. The number of unbranched alkanes of at least 4 members (excludes halogenated alkanes) is 2. The first-order valence-electron chi connectivity index (χ1n) is 7.79. The zero-order valence-corrected chi connectivity index (χ0v) is 12.9. The molecule has 1 aromatic rings. The van der Waals surface area contributed by atoms with E-state index in [1.54, 1.807) is 0 Å². The molecule has 0 saturated carbocycles. The van der Waals surface area contributed by atoms with Crippen LogP contribution in [-0.2, 0) is 11.2 Å². The molecule has 112 valence electrons. The molecular formula is C17H28N2O. The average molecular weight is 276 g/mol. The first-order chi connectivity index (χ1) is 9.76. The zero-order valence-electron chi connectivity index (χ0n) is 12.9. The van der Waals surface area contributed by atoms with Gasteiger partial charge in [0.25, 0.3) is 0 Å². The molecule has 0 aliphatic heterocycles. The fraction of sp³-hybridized carbons (Fsp3) is 0.588. The van der Waals surface area contributed by atoms with Crippen molar-refractivity contribution in [2.45, 2.75) is 39.5 Å². The van der Waals surface area contributed by atoms with Crippen LogP contribution in [0.25, 0.3) is 0 Å². The highest BCUT2D eigenvalue weighted by Crippen LogP contribution is 2.00. The standard InChI is InChI=1S/C17H28N2O/c1-3-19(4-2)14-10-6-9-13-18-17(20)15-16-11-7-5-8-12-16/h5,7-8,11-12H,3-4,6,9-10,13-15H2,1-2H3,(H,18,20). The molecule has 3 nitrogen and oxygen atoms in total. The maximum absolute atomic E-state index is 11.7. The van der Waals surface area contributed by atoms with Gasteiger partial charge in [0.2, 0.25) is 5.91 Å². The monoisotopic (exact) mass is 276 g/mol. The van der Waals surface area contributed by atoms with Gasteiger partial charge in [-0.1, -0.05) is 50.6 Å². The molecular weight excluding hydrogens is 248 g/mol. The second-order valence-corrected chi connectivity index (χ2v) is 5.10. The van der Waals surface area contributed by atoms with Gasteiger partial charge >= 0.3 is 0 Å². The summed E-state index contributed by atoms with van der Waals surface area (Å²) >= 11 is 0. The summed E-state index contributed by atoms with van der Waals surface area (Å²) in [5, 5.41) is 2.99. The lowest BCUT2D eigenvalue weighted by Crippen LogP contribution is -2.26. The Morgan fingerprint density at radius 2 is 1.75 bits per heavy atom. The van der Waals surface area contributed by atoms with Gasteiger partial charge in [0.05, 0.1) is 6.42 Å². The van der Waals surface area contributed by atoms with Crippen molar-refractivity contribution in [3.8, 4) is 0 Å². The van der Waals surface area contributed by atoms with E-state index in [-0.39, 0.29) is 5.91 Å². The van der Waals surface area contributed by atoms with Gasteiger partial charge in [-0.2, -0.15) is 0 Å². The normalized spacial score (nSPS) is 10.8. The molecule has 1 rings (SSSR count). The molecule has 0 radical (unpaired) electrons. The number of amides is 1. The molecule has 20 heavy (non-hydrogen) atoms. The van der Waals surface area contributed by atoms with Gasteiger partial charge in [-0.25, -0.2) is 0 Å². The minimum atomic E-state index is 0.125. The minimum Gasteiger partial charge on any atom is -0.356 e. The number of nitrogens with one attached hydrogen (secondary N) is 1. The number of benzene rings is 1. The first-order valence-corrected chi connectivity index (χ1v) is 7.79. The molecule has 0 fully saturated rings. The molecule has 0 bridgehead atoms. The largest absolute Gasteiger partial charge is 0.356 e. The fourth-order valence-electron chi connectivity index (χ4n) is 2.25. The van der Waals surface area contributed by atoms with Crippen molar-refractivity contribution in [3.63, 3.8) is 0 Å². The van der Waals surface area contributed by atoms with Gasteiger partial charge in [-0.15, -0.1) is 0 Å². The van der Waals surface area contributed by atoms with E-state index in [2.05, 4.69) is 24.1 Å². The Bertz CT molecular complexity index is 361. The minimum absolute atomic E-state index is 0.125. The summed E-state index contributed by atoms with van der Waals surface area (Å²) in [5.41, 5.74) is 1.08. The van der Waals surface area contributed by atoms with Gasteiger partial charge < -0.3 is 10.2 Å². The Kier molecular flexibility index (Phi) is 8.72. The third-order valence-corrected chi connectivity index (χ3v) is 3.58. The first kappa shape index (κ1) is 16.7. The molecule has 0 aliphatic carbocycles. The number of hydrogen-bond donors (Lipinski definition) is 1. The van der Waals surface area contributed by atoms with E-state index in [1.165, 1.54) is 19.4 Å². The van der Waals surface area contributed by atoms with Crippen LogP contribution >= 0.6 is 0 Å². The van der Waals surface area contributed by atoms with Crippen molar-refractivity contribution in [3.05, 3.63) is 35.9 Å². The van der Waals surface area contributed by atoms with E-state index in [0.717, 1.165) is 31.6 Å². The van der Waals surface area contributed by atoms with Crippen molar-refractivity contribution in [1.82, 2.24) is 10.2 Å². The highest BCUT2D eigenvalue weighted by atomic mass is 16.1. The third kappa shape index (κ3) is 7.29. The quantitative estimate of drug-likeness (QED) is 0.666. The summed E-state index contributed by atoms with van der Waals surface area (Å²) in [6.45, 7) is 8.63. The summed E-state index contributed by atoms with van der Waals surface area (Å²) in [6, 6.07) is 9.89. The molecule has 0 spiro atoms. The van der Waals surface area contributed by atoms with Gasteiger partial charge in [-0.3, -0.25) is 4.79 Å². The van der Waals surface area contributed by atoms with Crippen molar-refractivity contribution >= 4 is 5.91 Å². The van der Waals surface area contributed by atoms with Crippen LogP contribution in [0.1, 0.15) is 38.7 Å². The molecule has 1 aromatic carbocycles. The summed E-state index contributed by atoms with van der Waals surface area (Å²) < 4.78 is 0. The summed E-state index contributed by atoms with van der Waals surface area (Å²) in [4.78, 5) is 14.2. The highest BCUT2D eigenvalue weighted by Gasteiger charge is 2.02. The van der Waals surface area contributed by atoms with Crippen LogP contribution in [0.5, 0.6) is 0 Å². The zero-order chi connectivity index (χ0) is 14.6. The van der Waals surface area contributed by atoms with E-state index in [1.807, 2.05) is 30.3 Å². The van der Waals surface area contributed by atoms with Crippen LogP contribution in [0, 0.1) is 0 Å². The Balaban J connectivity index is 2.02. The van der Waals surface area contributed by atoms with Crippen LogP contribution in [-0.4, -0.2) is 37.0 Å². The van der Waals surface area contributed by atoms with Crippen LogP contribution in [0.3, 0.4) is 0 Å². The van der Waals surface area contributed by atoms with Crippen LogP contribution in [0.2, 0.25) is 0 Å². The van der Waals surface area contributed by atoms with Gasteiger partial charge in [-0.05, 0) is 38.0 Å². The SMILES string of the molecule is CCN(CC)CCCCCNC(=O)Cc1ccccc1. The highest BCUT2D eigenvalue weighted by molar-refractivity contribution is 5.78. The number of rotatable bonds is 10. The third-order valence-electron chi connectivity index (χ3n) is 3.58. The lowest BCUT2D eigenvalue weighted by molar-refractivity contribution is -0.120. The molecule has 0 atom stereocenters. The summed E-state index contributed by atoms with van der Waals surface area (Å²) in [5.74, 6) is 0.125. The number of carbonyl (C=O) groups is 1. The van der Waals surface area contributed by atoms with Gasteiger partial charge in [0.15, 0.2) is 0 Å². The number of carbonyl (C=O) groups excluding carboxylic acids is 1. The molecule has 1 N–H and O–H groups in total. The smallest absolute Gasteiger partial charge is 0.224 e. The molecule has 0 aliphatic rings. The van der Waals surface area contributed by atoms with E-state index < -0.39 is 0 Å². The molecule has 0 saturated heterocycles. The predicted molar refractivity (Wildman–Crippen MR) is 84.8 cm³/mol. The van der Waals surface area contributed by atoms with Gasteiger partial charge in [0.1, 0.15) is 0 Å². The molecule has 0 aromatic heterocycles. The molecule has 0 heterocycles. The topological polar surface area (TPSA) is 32.3 Å². The van der Waals surface area contributed by atoms with Crippen molar-refractivity contribution < 1.29 is 4.79 Å². The van der Waals surface area contributed by atoms with Crippen molar-refractivity contribution in [2.75, 3.05) is 26.2 Å². The Hall–Kier alpha value is -1.35. The van der Waals surface area contributed by atoms with E-state index in [4.69, 9.17) is 0 Å². The average Bonchev–Trinajstić information content (AvgIpc) is 2.47. The van der Waals surface area contributed by atoms with E-state index in [0.29, 0.717) is 6.42 Å². The number of hydrogen-bond acceptors (Lipinski definition) is 2. The Morgan fingerprint density at radius 1 is 1.05 bits per heavy atom. The molecule has 0 unspecified atom stereocenters. The van der Waals surface area contributed by atoms with Crippen LogP contribution in [0.4, 0.5) is 0 Å². The maximum Gasteiger partial charge on any atom is 0.224 e. The lowest BCUT2D eigenvalue weighted by Gasteiger charge is -2.17. The van der Waals surface area contributed by atoms with Crippen LogP contribution < -0.4 is 5.32 Å². The van der Waals surface area contributed by atoms with Crippen LogP contribution in [0.15, 0.2) is 30.3 Å². The van der Waals surface area contributed by atoms with Gasteiger partial charge in [0, 0.05) is 6.54 Å². The predicted octanol–water partition coefficient (Wildman–Crippen LogP) is 2.86. The second-order valence-electron chi connectivity index (χ2n) is 5.10. The molecule has 1 amide bonds. The van der Waals surface area contributed by atoms with Crippen molar-refractivity contribution in [1.29, 1.82) is 0 Å². The maximum atomic E-state index is 11.7. The lowest BCUT2D eigenvalue weighted by atomic mass is 10.1. The Labute approximate surface area is 123 Å². The number of nitrogens with zero attached hydrogens (tertiary/aromatic N) is 1. The van der Waals surface area contributed by atoms with E-state index >= 15 is 0 Å². The summed E-state index contributed by atoms with van der Waals surface area (Å²) in [6.07, 6.45) is 3.96.